The topological polar surface area (TPSA) is 57.3 Å². The molecule has 0 N–H and O–H groups in total. The Balaban J connectivity index is 1.50. The molecule has 4 aliphatic rings. The minimum absolute atomic E-state index is 0.0219. The molecule has 3 aliphatic heterocycles. The zero-order valence-corrected chi connectivity index (χ0v) is 10.5. The minimum atomic E-state index is -0.195. The van der Waals surface area contributed by atoms with E-state index in [1.165, 1.54) is 7.11 Å². The number of fused-ring (bicyclic) bond motifs is 3. The maximum absolute atomic E-state index is 11.4. The Labute approximate surface area is 106 Å². The Morgan fingerprint density at radius 2 is 2.06 bits per heavy atom. The number of carbonyl (C=O) groups excluding carboxylic acids is 1. The third kappa shape index (κ3) is 1.54. The molecule has 1 aliphatic carbocycles. The molecule has 1 spiro atoms. The molecule has 0 amide bonds. The van der Waals surface area contributed by atoms with E-state index in [2.05, 4.69) is 0 Å². The van der Waals surface area contributed by atoms with Gasteiger partial charge >= 0.3 is 5.97 Å². The van der Waals surface area contributed by atoms with Crippen LogP contribution in [0.15, 0.2) is 0 Å². The largest absolute Gasteiger partial charge is 0.469 e. The predicted molar refractivity (Wildman–Crippen MR) is 60.0 cm³/mol. The summed E-state index contributed by atoms with van der Waals surface area (Å²) in [6.07, 6.45) is 5.10. The van der Waals surface area contributed by atoms with E-state index in [9.17, 15) is 4.79 Å². The van der Waals surface area contributed by atoms with Crippen LogP contribution in [0.25, 0.3) is 0 Å². The highest BCUT2D eigenvalue weighted by atomic mass is 16.6. The first-order valence-electron chi connectivity index (χ1n) is 6.76. The highest BCUT2D eigenvalue weighted by molar-refractivity contribution is 5.69. The van der Waals surface area contributed by atoms with Crippen molar-refractivity contribution < 1.29 is 23.7 Å². The second-order valence-corrected chi connectivity index (χ2v) is 5.87. The van der Waals surface area contributed by atoms with E-state index >= 15 is 0 Å². The van der Waals surface area contributed by atoms with Gasteiger partial charge in [0.2, 0.25) is 0 Å². The molecule has 6 atom stereocenters. The second kappa shape index (κ2) is 3.68. The molecule has 1 saturated carbocycles. The van der Waals surface area contributed by atoms with Gasteiger partial charge in [0.1, 0.15) is 6.10 Å². The van der Waals surface area contributed by atoms with Crippen molar-refractivity contribution in [2.75, 3.05) is 7.11 Å². The molecule has 5 heteroatoms. The third-order valence-electron chi connectivity index (χ3n) is 4.78. The average Bonchev–Trinajstić information content (AvgIpc) is 3.04. The van der Waals surface area contributed by atoms with Gasteiger partial charge < -0.3 is 18.9 Å². The monoisotopic (exact) mass is 254 g/mol. The highest BCUT2D eigenvalue weighted by Gasteiger charge is 2.66. The molecular formula is C13H18O5. The molecule has 3 saturated heterocycles. The fraction of sp³-hybridized carbons (Fsp3) is 0.923. The zero-order valence-electron chi connectivity index (χ0n) is 10.5. The van der Waals surface area contributed by atoms with E-state index in [0.29, 0.717) is 18.6 Å². The van der Waals surface area contributed by atoms with Crippen molar-refractivity contribution in [2.24, 2.45) is 0 Å². The van der Waals surface area contributed by atoms with Crippen LogP contribution in [0.5, 0.6) is 0 Å². The van der Waals surface area contributed by atoms with Crippen LogP contribution in [0.3, 0.4) is 0 Å². The van der Waals surface area contributed by atoms with Crippen LogP contribution in [0.1, 0.15) is 32.1 Å². The Hall–Kier alpha value is -0.650. The first-order valence-corrected chi connectivity index (χ1v) is 6.76. The molecule has 0 aromatic carbocycles. The third-order valence-corrected chi connectivity index (χ3v) is 4.78. The standard InChI is InChI=1S/C13H18O5/c1-15-11(14)4-7-2-3-10-13(18-7)5-8(16-10)12-9(6-13)17-12/h7-10,12H,2-6H2,1H3/t7-,8-,9-,10+,12+,13?/m1/s1. The first kappa shape index (κ1) is 11.2. The summed E-state index contributed by atoms with van der Waals surface area (Å²) in [6, 6.07) is 0. The van der Waals surface area contributed by atoms with Gasteiger partial charge in [-0.2, -0.15) is 0 Å². The van der Waals surface area contributed by atoms with Crippen molar-refractivity contribution in [3.63, 3.8) is 0 Å². The van der Waals surface area contributed by atoms with Gasteiger partial charge in [-0.25, -0.2) is 0 Å². The number of hydrogen-bond donors (Lipinski definition) is 0. The first-order chi connectivity index (χ1) is 8.70. The highest BCUT2D eigenvalue weighted by Crippen LogP contribution is 2.55. The summed E-state index contributed by atoms with van der Waals surface area (Å²) in [5.41, 5.74) is -0.195. The van der Waals surface area contributed by atoms with Gasteiger partial charge in [-0.15, -0.1) is 0 Å². The second-order valence-electron chi connectivity index (χ2n) is 5.87. The van der Waals surface area contributed by atoms with E-state index in [1.54, 1.807) is 0 Å². The van der Waals surface area contributed by atoms with Crippen LogP contribution < -0.4 is 0 Å². The molecule has 0 aromatic heterocycles. The lowest BCUT2D eigenvalue weighted by molar-refractivity contribution is -0.178. The molecule has 18 heavy (non-hydrogen) atoms. The predicted octanol–water partition coefficient (Wildman–Crippen LogP) is 0.796. The van der Waals surface area contributed by atoms with Gasteiger partial charge in [-0.1, -0.05) is 0 Å². The van der Waals surface area contributed by atoms with Crippen LogP contribution >= 0.6 is 0 Å². The van der Waals surface area contributed by atoms with Gasteiger partial charge in [0, 0.05) is 12.8 Å². The lowest BCUT2D eigenvalue weighted by Crippen LogP contribution is -2.50. The summed E-state index contributed by atoms with van der Waals surface area (Å²) in [7, 11) is 1.42. The summed E-state index contributed by atoms with van der Waals surface area (Å²) in [6.45, 7) is 0. The SMILES string of the molecule is COC(=O)C[C@H]1CC[C@@H]2O[C@@H]3CC2(C[C@H]2O[C@H]23)O1. The summed E-state index contributed by atoms with van der Waals surface area (Å²) < 4.78 is 22.6. The van der Waals surface area contributed by atoms with E-state index in [-0.39, 0.29) is 29.9 Å². The Morgan fingerprint density at radius 1 is 1.28 bits per heavy atom. The van der Waals surface area contributed by atoms with Gasteiger partial charge in [0.15, 0.2) is 0 Å². The molecule has 0 radical (unpaired) electrons. The van der Waals surface area contributed by atoms with Crippen molar-refractivity contribution in [2.45, 2.75) is 68.2 Å². The molecule has 3 heterocycles. The Bertz CT molecular complexity index is 380. The fourth-order valence-corrected chi connectivity index (χ4v) is 3.90. The number of rotatable bonds is 2. The minimum Gasteiger partial charge on any atom is -0.469 e. The number of ether oxygens (including phenoxy) is 4. The maximum Gasteiger partial charge on any atom is 0.308 e. The summed E-state index contributed by atoms with van der Waals surface area (Å²) in [5, 5.41) is 0. The van der Waals surface area contributed by atoms with Crippen molar-refractivity contribution >= 4 is 5.97 Å². The summed E-state index contributed by atoms with van der Waals surface area (Å²) in [5.74, 6) is -0.193. The number of esters is 1. The number of epoxide rings is 1. The normalized spacial score (nSPS) is 52.4. The van der Waals surface area contributed by atoms with Crippen LogP contribution in [-0.2, 0) is 23.7 Å². The van der Waals surface area contributed by atoms with Crippen LogP contribution in [-0.4, -0.2) is 49.2 Å². The van der Waals surface area contributed by atoms with Gasteiger partial charge in [-0.3, -0.25) is 4.79 Å². The van der Waals surface area contributed by atoms with Crippen molar-refractivity contribution in [1.29, 1.82) is 0 Å². The van der Waals surface area contributed by atoms with Crippen LogP contribution in [0, 0.1) is 0 Å². The van der Waals surface area contributed by atoms with Gasteiger partial charge in [-0.05, 0) is 12.8 Å². The van der Waals surface area contributed by atoms with E-state index in [1.807, 2.05) is 0 Å². The molecule has 100 valence electrons. The Morgan fingerprint density at radius 3 is 2.83 bits per heavy atom. The summed E-state index contributed by atoms with van der Waals surface area (Å²) >= 11 is 0. The maximum atomic E-state index is 11.4. The molecular weight excluding hydrogens is 236 g/mol. The molecule has 0 aromatic rings. The number of methoxy groups -OCH3 is 1. The molecule has 4 rings (SSSR count). The van der Waals surface area contributed by atoms with E-state index < -0.39 is 0 Å². The van der Waals surface area contributed by atoms with Crippen molar-refractivity contribution in [3.05, 3.63) is 0 Å². The van der Waals surface area contributed by atoms with E-state index in [0.717, 1.165) is 25.7 Å². The molecule has 1 unspecified atom stereocenters. The smallest absolute Gasteiger partial charge is 0.308 e. The van der Waals surface area contributed by atoms with Gasteiger partial charge in [0.25, 0.3) is 0 Å². The van der Waals surface area contributed by atoms with Crippen LogP contribution in [0.4, 0.5) is 0 Å². The van der Waals surface area contributed by atoms with Crippen molar-refractivity contribution in [3.8, 4) is 0 Å². The number of hydrogen-bond acceptors (Lipinski definition) is 5. The molecule has 2 bridgehead atoms. The quantitative estimate of drug-likeness (QED) is 0.539. The fourth-order valence-electron chi connectivity index (χ4n) is 3.90. The average molecular weight is 254 g/mol. The Kier molecular flexibility index (Phi) is 2.29. The van der Waals surface area contributed by atoms with Crippen LogP contribution in [0.2, 0.25) is 0 Å². The molecule has 5 nitrogen and oxygen atoms in total. The summed E-state index contributed by atoms with van der Waals surface area (Å²) in [4.78, 5) is 11.4. The number of carbonyl (C=O) groups is 1. The lowest BCUT2D eigenvalue weighted by Gasteiger charge is -2.42. The zero-order chi connectivity index (χ0) is 12.3. The van der Waals surface area contributed by atoms with E-state index in [4.69, 9.17) is 18.9 Å². The van der Waals surface area contributed by atoms with Crippen molar-refractivity contribution in [1.82, 2.24) is 0 Å². The molecule has 4 fully saturated rings. The van der Waals surface area contributed by atoms with Gasteiger partial charge in [0.05, 0.1) is 43.5 Å². The lowest BCUT2D eigenvalue weighted by atomic mass is 9.78.